The van der Waals surface area contributed by atoms with Gasteiger partial charge in [0.15, 0.2) is 0 Å². The van der Waals surface area contributed by atoms with Gasteiger partial charge in [-0.15, -0.1) is 6.58 Å². The minimum Gasteiger partial charge on any atom is -0.497 e. The van der Waals surface area contributed by atoms with Crippen LogP contribution in [0.3, 0.4) is 0 Å². The number of fused-ring (bicyclic) bond motifs is 4. The third kappa shape index (κ3) is 5.44. The minimum absolute atomic E-state index is 0.00354. The molecule has 1 unspecified atom stereocenters. The zero-order valence-corrected chi connectivity index (χ0v) is 19.4. The molecule has 0 amide bonds. The minimum atomic E-state index is -2.17. The van der Waals surface area contributed by atoms with Crippen molar-refractivity contribution in [2.45, 2.75) is 28.7 Å². The summed E-state index contributed by atoms with van der Waals surface area (Å²) >= 11 is 14.4. The number of piperidine rings is 3. The third-order valence-electron chi connectivity index (χ3n) is 6.15. The first kappa shape index (κ1) is 24.1. The molecule has 3 fully saturated rings. The van der Waals surface area contributed by atoms with Crippen molar-refractivity contribution in [2.75, 3.05) is 20.2 Å². The van der Waals surface area contributed by atoms with E-state index in [1.165, 1.54) is 12.0 Å². The number of carbonyl (C=O) groups is 1. The molecule has 31 heavy (non-hydrogen) atoms. The molecule has 5 atom stereocenters. The number of hydrogen-bond donors (Lipinski definition) is 2. The molecule has 0 spiro atoms. The number of rotatable bonds is 4. The van der Waals surface area contributed by atoms with Gasteiger partial charge in [0.2, 0.25) is 0 Å². The number of carboxylic acids is 1. The molecular formula is C22H26Cl3N3O3. The predicted octanol–water partition coefficient (Wildman–Crippen LogP) is 4.58. The lowest BCUT2D eigenvalue weighted by Gasteiger charge is -2.51. The van der Waals surface area contributed by atoms with Crippen LogP contribution in [0.25, 0.3) is 10.9 Å². The van der Waals surface area contributed by atoms with Crippen LogP contribution in [-0.4, -0.2) is 51.0 Å². The predicted molar refractivity (Wildman–Crippen MR) is 125 cm³/mol. The summed E-state index contributed by atoms with van der Waals surface area (Å²) in [6.07, 6.45) is 6.43. The van der Waals surface area contributed by atoms with Crippen LogP contribution >= 0.6 is 34.8 Å². The number of ether oxygens (including phenoxy) is 1. The van der Waals surface area contributed by atoms with Crippen molar-refractivity contribution >= 4 is 51.7 Å². The molecule has 9 heteroatoms. The molecule has 0 aliphatic carbocycles. The van der Waals surface area contributed by atoms with E-state index >= 15 is 0 Å². The number of nitrogens with two attached hydrogens (primary N) is 1. The molecular weight excluding hydrogens is 461 g/mol. The number of hydrogen-bond acceptors (Lipinski definition) is 5. The van der Waals surface area contributed by atoms with Gasteiger partial charge in [-0.3, -0.25) is 9.88 Å². The van der Waals surface area contributed by atoms with Crippen molar-refractivity contribution < 1.29 is 14.6 Å². The summed E-state index contributed by atoms with van der Waals surface area (Å²) in [4.78, 5) is 16.7. The maximum Gasteiger partial charge on any atom is 0.356 e. The molecule has 1 aromatic carbocycles. The fraction of sp³-hybridized carbons (Fsp3) is 0.455. The van der Waals surface area contributed by atoms with Gasteiger partial charge < -0.3 is 15.6 Å². The van der Waals surface area contributed by atoms with Gasteiger partial charge in [0.1, 0.15) is 5.75 Å². The Kier molecular flexibility index (Phi) is 7.71. The Labute approximate surface area is 196 Å². The summed E-state index contributed by atoms with van der Waals surface area (Å²) in [7, 11) is 1.69. The lowest BCUT2D eigenvalue weighted by atomic mass is 9.73. The van der Waals surface area contributed by atoms with E-state index in [9.17, 15) is 4.79 Å². The summed E-state index contributed by atoms with van der Waals surface area (Å²) in [5.74, 6) is 0.737. The number of benzene rings is 1. The smallest absolute Gasteiger partial charge is 0.356 e. The summed E-state index contributed by atoms with van der Waals surface area (Å²) in [6, 6.07) is 8.48. The summed E-state index contributed by atoms with van der Waals surface area (Å²) < 4.78 is 3.22. The number of halogens is 3. The highest BCUT2D eigenvalue weighted by molar-refractivity contribution is 6.75. The second-order valence-corrected chi connectivity index (χ2v) is 10.1. The Hall–Kier alpha value is -1.57. The zero-order chi connectivity index (χ0) is 22.8. The first-order valence-electron chi connectivity index (χ1n) is 10.0. The van der Waals surface area contributed by atoms with E-state index in [4.69, 9.17) is 50.4 Å². The van der Waals surface area contributed by atoms with E-state index in [-0.39, 0.29) is 6.04 Å². The fourth-order valence-electron chi connectivity index (χ4n) is 4.52. The van der Waals surface area contributed by atoms with Crippen molar-refractivity contribution in [3.63, 3.8) is 0 Å². The van der Waals surface area contributed by atoms with E-state index in [1.54, 1.807) is 7.11 Å². The third-order valence-corrected chi connectivity index (χ3v) is 6.64. The monoisotopic (exact) mass is 485 g/mol. The molecule has 3 aliphatic rings. The number of nitrogens with zero attached hydrogens (tertiary/aromatic N) is 2. The molecule has 4 heterocycles. The number of aromatic nitrogens is 1. The van der Waals surface area contributed by atoms with Crippen LogP contribution in [0, 0.1) is 11.8 Å². The van der Waals surface area contributed by atoms with Crippen molar-refractivity contribution in [2.24, 2.45) is 17.6 Å². The lowest BCUT2D eigenvalue weighted by Crippen LogP contribution is -2.56. The molecule has 5 rings (SSSR count). The Morgan fingerprint density at radius 3 is 2.68 bits per heavy atom. The normalized spacial score (nSPS) is 26.0. The summed E-state index contributed by atoms with van der Waals surface area (Å²) in [6.45, 7) is 6.26. The maximum absolute atomic E-state index is 9.62. The van der Waals surface area contributed by atoms with Gasteiger partial charge in [-0.1, -0.05) is 40.9 Å². The van der Waals surface area contributed by atoms with Gasteiger partial charge in [0, 0.05) is 30.2 Å². The van der Waals surface area contributed by atoms with Gasteiger partial charge in [-0.05, 0) is 61.1 Å². The Balaban J connectivity index is 0.000000339. The van der Waals surface area contributed by atoms with E-state index in [0.29, 0.717) is 12.0 Å². The van der Waals surface area contributed by atoms with Crippen LogP contribution in [0.2, 0.25) is 0 Å². The molecule has 3 N–H and O–H groups in total. The van der Waals surface area contributed by atoms with Crippen LogP contribution in [-0.2, 0) is 4.79 Å². The molecule has 2 bridgehead atoms. The standard InChI is InChI=1S/C20H25N3O.C2HCl3O2/c1-3-13-12-23-9-7-14(13)10-19(23)20(21)16-6-8-22-18-5-4-15(24-2)11-17(16)18;3-2(4,5)1(6)7/h3-6,8,11,13-14,19-20H,1,7,9-10,12,21H2,2H3;(H,6,7)/t13-,14-,19-,20-;/m0./s1. The van der Waals surface area contributed by atoms with Crippen molar-refractivity contribution in [1.29, 1.82) is 0 Å². The molecule has 168 valence electrons. The van der Waals surface area contributed by atoms with Crippen molar-refractivity contribution in [3.05, 3.63) is 48.7 Å². The lowest BCUT2D eigenvalue weighted by molar-refractivity contribution is -0.135. The number of alkyl halides is 3. The molecule has 0 saturated carbocycles. The van der Waals surface area contributed by atoms with Gasteiger partial charge in [0.05, 0.1) is 12.6 Å². The Morgan fingerprint density at radius 1 is 1.42 bits per heavy atom. The molecule has 3 saturated heterocycles. The number of methoxy groups -OCH3 is 1. The Bertz CT molecular complexity index is 950. The first-order valence-corrected chi connectivity index (χ1v) is 11.1. The van der Waals surface area contributed by atoms with Gasteiger partial charge in [-0.2, -0.15) is 0 Å². The van der Waals surface area contributed by atoms with Crippen molar-refractivity contribution in [1.82, 2.24) is 9.88 Å². The van der Waals surface area contributed by atoms with Gasteiger partial charge in [-0.25, -0.2) is 4.79 Å². The maximum atomic E-state index is 9.62. The highest BCUT2D eigenvalue weighted by Gasteiger charge is 2.41. The first-order chi connectivity index (χ1) is 14.7. The van der Waals surface area contributed by atoms with Crippen LogP contribution in [0.4, 0.5) is 0 Å². The average molecular weight is 487 g/mol. The Morgan fingerprint density at radius 2 is 2.13 bits per heavy atom. The summed E-state index contributed by atoms with van der Waals surface area (Å²) in [5.41, 5.74) is 8.91. The number of carboxylic acid groups (broad SMARTS) is 1. The zero-order valence-electron chi connectivity index (χ0n) is 17.2. The molecule has 2 aromatic rings. The van der Waals surface area contributed by atoms with Crippen LogP contribution in [0.15, 0.2) is 43.1 Å². The van der Waals surface area contributed by atoms with Crippen molar-refractivity contribution in [3.8, 4) is 5.75 Å². The number of pyridine rings is 1. The quantitative estimate of drug-likeness (QED) is 0.486. The summed E-state index contributed by atoms with van der Waals surface area (Å²) in [5, 5.41) is 8.96. The molecule has 1 aromatic heterocycles. The van der Waals surface area contributed by atoms with Gasteiger partial charge >= 0.3 is 5.97 Å². The highest BCUT2D eigenvalue weighted by Crippen LogP contribution is 2.41. The van der Waals surface area contributed by atoms with E-state index in [2.05, 4.69) is 34.7 Å². The van der Waals surface area contributed by atoms with E-state index in [0.717, 1.165) is 42.1 Å². The van der Waals surface area contributed by atoms with Crippen LogP contribution < -0.4 is 10.5 Å². The molecule has 0 radical (unpaired) electrons. The van der Waals surface area contributed by atoms with Gasteiger partial charge in [0.25, 0.3) is 3.79 Å². The SMILES string of the molecule is C=C[C@H]1CN2CC[C@H]1C[C@H]2[C@@H](N)c1ccnc2ccc(OC)cc12.O=C(O)C(Cl)(Cl)Cl. The molecule has 6 nitrogen and oxygen atoms in total. The second-order valence-electron chi connectivity index (χ2n) is 7.86. The van der Waals surface area contributed by atoms with Crippen LogP contribution in [0.1, 0.15) is 24.4 Å². The average Bonchev–Trinajstić information content (AvgIpc) is 2.77. The number of aliphatic carboxylic acids is 1. The highest BCUT2D eigenvalue weighted by atomic mass is 35.6. The van der Waals surface area contributed by atoms with E-state index < -0.39 is 9.76 Å². The van der Waals surface area contributed by atoms with E-state index in [1.807, 2.05) is 18.3 Å². The largest absolute Gasteiger partial charge is 0.497 e. The molecule has 3 aliphatic heterocycles. The fourth-order valence-corrected chi connectivity index (χ4v) is 4.52. The van der Waals surface area contributed by atoms with Crippen LogP contribution in [0.5, 0.6) is 5.75 Å². The second kappa shape index (κ2) is 9.92. The topological polar surface area (TPSA) is 88.7 Å².